The number of hydrogen-bond acceptors (Lipinski definition) is 3. The summed E-state index contributed by atoms with van der Waals surface area (Å²) in [5.41, 5.74) is -0.134. The molecule has 0 aromatic rings. The van der Waals surface area contributed by atoms with Crippen molar-refractivity contribution in [3.05, 3.63) is 0 Å². The molecular formula is C11H22N2O. The summed E-state index contributed by atoms with van der Waals surface area (Å²) in [6.07, 6.45) is 0.723. The van der Waals surface area contributed by atoms with Crippen molar-refractivity contribution in [2.24, 2.45) is 5.41 Å². The first kappa shape index (κ1) is 11.7. The fraction of sp³-hybridized carbons (Fsp3) is 0.909. The SMILES string of the molecule is CN(C)CCN1CCC(=O)C(C)(C)C1. The molecule has 3 nitrogen and oxygen atoms in total. The summed E-state index contributed by atoms with van der Waals surface area (Å²) >= 11 is 0. The second-order valence-corrected chi connectivity index (χ2v) is 5.14. The molecule has 82 valence electrons. The topological polar surface area (TPSA) is 23.6 Å². The van der Waals surface area contributed by atoms with Crippen LogP contribution in [-0.2, 0) is 4.79 Å². The van der Waals surface area contributed by atoms with Crippen molar-refractivity contribution in [3.8, 4) is 0 Å². The van der Waals surface area contributed by atoms with Gasteiger partial charge in [0.1, 0.15) is 5.78 Å². The minimum absolute atomic E-state index is 0.134. The number of carbonyl (C=O) groups is 1. The van der Waals surface area contributed by atoms with Crippen LogP contribution in [0, 0.1) is 5.41 Å². The van der Waals surface area contributed by atoms with Gasteiger partial charge in [0.25, 0.3) is 0 Å². The van der Waals surface area contributed by atoms with E-state index >= 15 is 0 Å². The summed E-state index contributed by atoms with van der Waals surface area (Å²) in [6.45, 7) is 8.11. The zero-order valence-corrected chi connectivity index (χ0v) is 9.84. The Morgan fingerprint density at radius 1 is 1.43 bits per heavy atom. The molecule has 0 atom stereocenters. The molecule has 0 N–H and O–H groups in total. The molecule has 14 heavy (non-hydrogen) atoms. The number of Topliss-reactive ketones (excluding diaryl/α,β-unsaturated/α-hetero) is 1. The molecular weight excluding hydrogens is 176 g/mol. The number of nitrogens with zero attached hydrogens (tertiary/aromatic N) is 2. The molecule has 1 rings (SSSR count). The van der Waals surface area contributed by atoms with E-state index in [0.29, 0.717) is 5.78 Å². The molecule has 1 fully saturated rings. The quantitative estimate of drug-likeness (QED) is 0.671. The molecule has 0 aromatic heterocycles. The van der Waals surface area contributed by atoms with Crippen LogP contribution >= 0.6 is 0 Å². The van der Waals surface area contributed by atoms with Crippen LogP contribution in [0.15, 0.2) is 0 Å². The van der Waals surface area contributed by atoms with Crippen LogP contribution in [0.5, 0.6) is 0 Å². The maximum Gasteiger partial charge on any atom is 0.141 e. The van der Waals surface area contributed by atoms with Crippen molar-refractivity contribution in [3.63, 3.8) is 0 Å². The lowest BCUT2D eigenvalue weighted by molar-refractivity contribution is -0.131. The van der Waals surface area contributed by atoms with E-state index in [0.717, 1.165) is 32.6 Å². The van der Waals surface area contributed by atoms with E-state index in [-0.39, 0.29) is 5.41 Å². The molecule has 0 amide bonds. The molecule has 3 heteroatoms. The van der Waals surface area contributed by atoms with Crippen molar-refractivity contribution in [2.75, 3.05) is 40.3 Å². The predicted molar refractivity (Wildman–Crippen MR) is 58.4 cm³/mol. The Morgan fingerprint density at radius 3 is 2.57 bits per heavy atom. The maximum absolute atomic E-state index is 11.6. The normalized spacial score (nSPS) is 23.1. The highest BCUT2D eigenvalue weighted by molar-refractivity contribution is 5.85. The monoisotopic (exact) mass is 198 g/mol. The van der Waals surface area contributed by atoms with E-state index in [1.54, 1.807) is 0 Å². The van der Waals surface area contributed by atoms with Gasteiger partial charge in [-0.1, -0.05) is 13.8 Å². The Bertz CT molecular complexity index is 211. The Kier molecular flexibility index (Phi) is 3.67. The zero-order chi connectivity index (χ0) is 10.8. The molecule has 0 radical (unpaired) electrons. The highest BCUT2D eigenvalue weighted by Gasteiger charge is 2.33. The lowest BCUT2D eigenvalue weighted by Crippen LogP contribution is -2.47. The second kappa shape index (κ2) is 4.41. The Morgan fingerprint density at radius 2 is 2.07 bits per heavy atom. The number of ketones is 1. The van der Waals surface area contributed by atoms with E-state index in [1.165, 1.54) is 0 Å². The van der Waals surface area contributed by atoms with Gasteiger partial charge in [0.05, 0.1) is 0 Å². The highest BCUT2D eigenvalue weighted by atomic mass is 16.1. The van der Waals surface area contributed by atoms with Crippen LogP contribution in [0.25, 0.3) is 0 Å². The zero-order valence-electron chi connectivity index (χ0n) is 9.84. The first-order chi connectivity index (χ1) is 6.42. The van der Waals surface area contributed by atoms with Gasteiger partial charge in [-0.05, 0) is 14.1 Å². The average Bonchev–Trinajstić information content (AvgIpc) is 2.07. The van der Waals surface area contributed by atoms with Gasteiger partial charge in [0.15, 0.2) is 0 Å². The minimum atomic E-state index is -0.134. The van der Waals surface area contributed by atoms with Gasteiger partial charge < -0.3 is 9.80 Å². The highest BCUT2D eigenvalue weighted by Crippen LogP contribution is 2.24. The Labute approximate surface area is 87.1 Å². The van der Waals surface area contributed by atoms with Crippen LogP contribution in [0.3, 0.4) is 0 Å². The number of likely N-dealkylation sites (N-methyl/N-ethyl adjacent to an activating group) is 1. The molecule has 1 aliphatic heterocycles. The molecule has 0 spiro atoms. The lowest BCUT2D eigenvalue weighted by Gasteiger charge is -2.37. The largest absolute Gasteiger partial charge is 0.308 e. The molecule has 0 bridgehead atoms. The first-order valence-electron chi connectivity index (χ1n) is 5.32. The third kappa shape index (κ3) is 3.07. The van der Waals surface area contributed by atoms with Gasteiger partial charge in [-0.2, -0.15) is 0 Å². The Hall–Kier alpha value is -0.410. The number of hydrogen-bond donors (Lipinski definition) is 0. The molecule has 0 aliphatic carbocycles. The van der Waals surface area contributed by atoms with E-state index < -0.39 is 0 Å². The number of piperidine rings is 1. The molecule has 1 saturated heterocycles. The third-order valence-electron chi connectivity index (χ3n) is 2.89. The first-order valence-corrected chi connectivity index (χ1v) is 5.32. The Balaban J connectivity index is 2.40. The van der Waals surface area contributed by atoms with Crippen molar-refractivity contribution >= 4 is 5.78 Å². The van der Waals surface area contributed by atoms with E-state index in [2.05, 4.69) is 37.7 Å². The van der Waals surface area contributed by atoms with Crippen LogP contribution < -0.4 is 0 Å². The van der Waals surface area contributed by atoms with Crippen molar-refractivity contribution in [1.29, 1.82) is 0 Å². The summed E-state index contributed by atoms with van der Waals surface area (Å²) in [6, 6.07) is 0. The molecule has 0 aromatic carbocycles. The smallest absolute Gasteiger partial charge is 0.141 e. The summed E-state index contributed by atoms with van der Waals surface area (Å²) in [4.78, 5) is 16.1. The summed E-state index contributed by atoms with van der Waals surface area (Å²) in [5, 5.41) is 0. The van der Waals surface area contributed by atoms with Gasteiger partial charge in [-0.3, -0.25) is 4.79 Å². The summed E-state index contributed by atoms with van der Waals surface area (Å²) < 4.78 is 0. The predicted octanol–water partition coefficient (Wildman–Crippen LogP) is 0.849. The average molecular weight is 198 g/mol. The van der Waals surface area contributed by atoms with Gasteiger partial charge in [-0.25, -0.2) is 0 Å². The number of rotatable bonds is 3. The van der Waals surface area contributed by atoms with E-state index in [4.69, 9.17) is 0 Å². The lowest BCUT2D eigenvalue weighted by atomic mass is 9.83. The van der Waals surface area contributed by atoms with Gasteiger partial charge >= 0.3 is 0 Å². The molecule has 1 heterocycles. The van der Waals surface area contributed by atoms with E-state index in [1.807, 2.05) is 0 Å². The number of carbonyl (C=O) groups excluding carboxylic acids is 1. The third-order valence-corrected chi connectivity index (χ3v) is 2.89. The molecule has 1 aliphatic rings. The summed E-state index contributed by atoms with van der Waals surface area (Å²) in [5.74, 6) is 0.415. The molecule has 0 saturated carbocycles. The van der Waals surface area contributed by atoms with Crippen molar-refractivity contribution in [2.45, 2.75) is 20.3 Å². The van der Waals surface area contributed by atoms with Crippen LogP contribution in [0.4, 0.5) is 0 Å². The fourth-order valence-corrected chi connectivity index (χ4v) is 1.86. The van der Waals surface area contributed by atoms with Gasteiger partial charge in [-0.15, -0.1) is 0 Å². The summed E-state index contributed by atoms with van der Waals surface area (Å²) in [7, 11) is 4.17. The van der Waals surface area contributed by atoms with Crippen LogP contribution in [-0.4, -0.2) is 55.9 Å². The van der Waals surface area contributed by atoms with Crippen molar-refractivity contribution < 1.29 is 4.79 Å². The molecule has 0 unspecified atom stereocenters. The van der Waals surface area contributed by atoms with Gasteiger partial charge in [0.2, 0.25) is 0 Å². The van der Waals surface area contributed by atoms with Crippen LogP contribution in [0.1, 0.15) is 20.3 Å². The standard InChI is InChI=1S/C11H22N2O/c1-11(2)9-13(6-5-10(11)14)8-7-12(3)4/h5-9H2,1-4H3. The van der Waals surface area contributed by atoms with E-state index in [9.17, 15) is 4.79 Å². The number of likely N-dealkylation sites (tertiary alicyclic amines) is 1. The fourth-order valence-electron chi connectivity index (χ4n) is 1.86. The van der Waals surface area contributed by atoms with Gasteiger partial charge in [0, 0.05) is 38.0 Å². The maximum atomic E-state index is 11.6. The van der Waals surface area contributed by atoms with Crippen molar-refractivity contribution in [1.82, 2.24) is 9.80 Å². The minimum Gasteiger partial charge on any atom is -0.308 e. The second-order valence-electron chi connectivity index (χ2n) is 5.14. The van der Waals surface area contributed by atoms with Crippen LogP contribution in [0.2, 0.25) is 0 Å².